The molecule has 0 radical (unpaired) electrons. The highest BCUT2D eigenvalue weighted by Gasteiger charge is 2.35. The Labute approximate surface area is 167 Å². The molecule has 11 heteroatoms. The van der Waals surface area contributed by atoms with E-state index in [0.717, 1.165) is 23.9 Å². The van der Waals surface area contributed by atoms with Crippen molar-refractivity contribution < 1.29 is 27.2 Å². The van der Waals surface area contributed by atoms with Gasteiger partial charge in [0.2, 0.25) is 11.8 Å². The van der Waals surface area contributed by atoms with E-state index in [-0.39, 0.29) is 17.3 Å². The van der Waals surface area contributed by atoms with E-state index in [4.69, 9.17) is 4.42 Å². The lowest BCUT2D eigenvalue weighted by molar-refractivity contribution is -0.137. The number of amidine groups is 1. The molecule has 7 nitrogen and oxygen atoms in total. The molecule has 2 N–H and O–H groups in total. The lowest BCUT2D eigenvalue weighted by Crippen LogP contribution is -2.28. The first-order chi connectivity index (χ1) is 13.7. The van der Waals surface area contributed by atoms with Crippen molar-refractivity contribution in [2.45, 2.75) is 24.8 Å². The Hall–Kier alpha value is -3.08. The van der Waals surface area contributed by atoms with Gasteiger partial charge in [0.15, 0.2) is 5.17 Å². The van der Waals surface area contributed by atoms with Gasteiger partial charge in [0.1, 0.15) is 16.7 Å². The molecule has 1 atom stereocenters. The van der Waals surface area contributed by atoms with Crippen molar-refractivity contribution in [1.29, 1.82) is 0 Å². The first-order valence-corrected chi connectivity index (χ1v) is 9.21. The molecule has 1 aromatic carbocycles. The Morgan fingerprint density at radius 2 is 2.03 bits per heavy atom. The summed E-state index contributed by atoms with van der Waals surface area (Å²) in [5, 5.41) is 11.9. The largest absolute Gasteiger partial charge is 0.463 e. The third-order valence-corrected chi connectivity index (χ3v) is 4.89. The monoisotopic (exact) mass is 424 g/mol. The van der Waals surface area contributed by atoms with Crippen LogP contribution in [0.1, 0.15) is 24.7 Å². The van der Waals surface area contributed by atoms with Crippen molar-refractivity contribution in [3.8, 4) is 0 Å². The van der Waals surface area contributed by atoms with Crippen molar-refractivity contribution in [3.05, 3.63) is 54.0 Å². The van der Waals surface area contributed by atoms with Crippen molar-refractivity contribution in [2.24, 2.45) is 10.2 Å². The standard InChI is InChI=1S/C18H15F3N4O3S/c1-10(13-7-4-8-28-13)24-25-17-23-16(27)14(29-17)9-15(26)22-12-6-3-2-5-11(12)18(19,20)21/h2-8,14H,9H2,1H3,(H,22,26)(H,23,25,27)/b24-10-/t14-/m0/s1. The normalized spacial score (nSPS) is 18.8. The van der Waals surface area contributed by atoms with E-state index in [0.29, 0.717) is 11.5 Å². The summed E-state index contributed by atoms with van der Waals surface area (Å²) in [6.45, 7) is 1.67. The van der Waals surface area contributed by atoms with E-state index in [1.807, 2.05) is 0 Å². The Morgan fingerprint density at radius 3 is 2.72 bits per heavy atom. The van der Waals surface area contributed by atoms with E-state index in [1.54, 1.807) is 19.1 Å². The fourth-order valence-corrected chi connectivity index (χ4v) is 3.37. The molecule has 3 rings (SSSR count). The number of hydrogen-bond acceptors (Lipinski definition) is 6. The van der Waals surface area contributed by atoms with Crippen LogP contribution in [0.3, 0.4) is 0 Å². The fourth-order valence-electron chi connectivity index (χ4n) is 2.45. The number of benzene rings is 1. The lowest BCUT2D eigenvalue weighted by atomic mass is 10.1. The van der Waals surface area contributed by atoms with Crippen molar-refractivity contribution in [2.75, 3.05) is 5.32 Å². The summed E-state index contributed by atoms with van der Waals surface area (Å²) in [6, 6.07) is 8.03. The second kappa shape index (κ2) is 8.52. The van der Waals surface area contributed by atoms with Crippen LogP contribution >= 0.6 is 11.8 Å². The van der Waals surface area contributed by atoms with Crippen LogP contribution in [-0.4, -0.2) is 27.9 Å². The highest BCUT2D eigenvalue weighted by Crippen LogP contribution is 2.34. The molecule has 0 unspecified atom stereocenters. The summed E-state index contributed by atoms with van der Waals surface area (Å²) in [6.07, 6.45) is -3.44. The number of thioether (sulfide) groups is 1. The number of carbonyl (C=O) groups is 2. The van der Waals surface area contributed by atoms with E-state index >= 15 is 0 Å². The topological polar surface area (TPSA) is 96.1 Å². The van der Waals surface area contributed by atoms with Crippen LogP contribution in [0.25, 0.3) is 0 Å². The van der Waals surface area contributed by atoms with Crippen LogP contribution < -0.4 is 10.6 Å². The molecule has 2 aromatic rings. The van der Waals surface area contributed by atoms with Gasteiger partial charge < -0.3 is 15.1 Å². The molecule has 1 aliphatic heterocycles. The van der Waals surface area contributed by atoms with Crippen molar-refractivity contribution in [1.82, 2.24) is 5.32 Å². The number of anilines is 1. The van der Waals surface area contributed by atoms with Gasteiger partial charge >= 0.3 is 6.18 Å². The van der Waals surface area contributed by atoms with Crippen LogP contribution in [0.2, 0.25) is 0 Å². The first-order valence-electron chi connectivity index (χ1n) is 8.34. The maximum Gasteiger partial charge on any atom is 0.418 e. The smallest absolute Gasteiger partial charge is 0.418 e. The summed E-state index contributed by atoms with van der Waals surface area (Å²) < 4.78 is 44.2. The number of carbonyl (C=O) groups excluding carboxylic acids is 2. The predicted molar refractivity (Wildman–Crippen MR) is 103 cm³/mol. The van der Waals surface area contributed by atoms with Gasteiger partial charge in [-0.25, -0.2) is 0 Å². The number of hydrogen-bond donors (Lipinski definition) is 2. The molecule has 29 heavy (non-hydrogen) atoms. The lowest BCUT2D eigenvalue weighted by Gasteiger charge is -2.14. The summed E-state index contributed by atoms with van der Waals surface area (Å²) in [5.74, 6) is -0.673. The molecule has 0 bridgehead atoms. The summed E-state index contributed by atoms with van der Waals surface area (Å²) >= 11 is 0.975. The zero-order valence-corrected chi connectivity index (χ0v) is 15.8. The van der Waals surface area contributed by atoms with Crippen LogP contribution in [-0.2, 0) is 15.8 Å². The Morgan fingerprint density at radius 1 is 1.28 bits per heavy atom. The SMILES string of the molecule is C/C(=N/N=C1\NC(=O)[C@H](CC(=O)Nc2ccccc2C(F)(F)F)S1)c1ccco1. The maximum absolute atomic E-state index is 13.0. The summed E-state index contributed by atoms with van der Waals surface area (Å²) in [7, 11) is 0. The Balaban J connectivity index is 1.63. The number of rotatable bonds is 5. The average Bonchev–Trinajstić information content (AvgIpc) is 3.30. The minimum atomic E-state index is -4.60. The van der Waals surface area contributed by atoms with E-state index in [2.05, 4.69) is 20.8 Å². The zero-order chi connectivity index (χ0) is 21.0. The van der Waals surface area contributed by atoms with Crippen LogP contribution in [0, 0.1) is 0 Å². The van der Waals surface area contributed by atoms with Gasteiger partial charge in [0.05, 0.1) is 17.5 Å². The van der Waals surface area contributed by atoms with Crippen molar-refractivity contribution >= 4 is 40.1 Å². The molecule has 0 saturated carbocycles. The molecule has 152 valence electrons. The molecule has 1 fully saturated rings. The molecule has 1 saturated heterocycles. The van der Waals surface area contributed by atoms with Crippen LogP contribution in [0.4, 0.5) is 18.9 Å². The number of nitrogens with one attached hydrogen (secondary N) is 2. The molecule has 0 aliphatic carbocycles. The second-order valence-electron chi connectivity index (χ2n) is 5.96. The van der Waals surface area contributed by atoms with E-state index in [1.165, 1.54) is 18.4 Å². The third-order valence-electron chi connectivity index (χ3n) is 3.82. The number of alkyl halides is 3. The number of halogens is 3. The van der Waals surface area contributed by atoms with Gasteiger partial charge in [0.25, 0.3) is 0 Å². The molecule has 2 heterocycles. The van der Waals surface area contributed by atoms with E-state index < -0.39 is 28.8 Å². The quantitative estimate of drug-likeness (QED) is 0.566. The highest BCUT2D eigenvalue weighted by atomic mass is 32.2. The molecule has 1 aromatic heterocycles. The first kappa shape index (κ1) is 20.6. The Kier molecular flexibility index (Phi) is 6.06. The molecule has 2 amide bonds. The van der Waals surface area contributed by atoms with Gasteiger partial charge in [-0.05, 0) is 31.2 Å². The van der Waals surface area contributed by atoms with Gasteiger partial charge in [-0.1, -0.05) is 23.9 Å². The minimum absolute atomic E-state index is 0.189. The number of furan rings is 1. The van der Waals surface area contributed by atoms with E-state index in [9.17, 15) is 22.8 Å². The third kappa shape index (κ3) is 5.25. The summed E-state index contributed by atoms with van der Waals surface area (Å²) in [4.78, 5) is 24.2. The van der Waals surface area contributed by atoms with Gasteiger partial charge in [-0.3, -0.25) is 9.59 Å². The maximum atomic E-state index is 13.0. The minimum Gasteiger partial charge on any atom is -0.463 e. The fraction of sp³-hybridized carbons (Fsp3) is 0.222. The van der Waals surface area contributed by atoms with Gasteiger partial charge in [-0.15, -0.1) is 10.2 Å². The van der Waals surface area contributed by atoms with Crippen LogP contribution in [0.15, 0.2) is 57.3 Å². The van der Waals surface area contributed by atoms with Crippen LogP contribution in [0.5, 0.6) is 0 Å². The Bertz CT molecular complexity index is 971. The highest BCUT2D eigenvalue weighted by molar-refractivity contribution is 8.15. The summed E-state index contributed by atoms with van der Waals surface area (Å²) in [5.41, 5.74) is -0.829. The second-order valence-corrected chi connectivity index (χ2v) is 7.15. The number of nitrogens with zero attached hydrogens (tertiary/aromatic N) is 2. The molecule has 0 spiro atoms. The molecular formula is C18H15F3N4O3S. The number of para-hydroxylation sites is 1. The zero-order valence-electron chi connectivity index (χ0n) is 15.0. The van der Waals surface area contributed by atoms with Crippen molar-refractivity contribution in [3.63, 3.8) is 0 Å². The molecular weight excluding hydrogens is 409 g/mol. The van der Waals surface area contributed by atoms with Gasteiger partial charge in [0, 0.05) is 6.42 Å². The average molecular weight is 424 g/mol. The predicted octanol–water partition coefficient (Wildman–Crippen LogP) is 3.64. The van der Waals surface area contributed by atoms with Gasteiger partial charge in [-0.2, -0.15) is 13.2 Å². The molecule has 1 aliphatic rings. The number of amides is 2.